The summed E-state index contributed by atoms with van der Waals surface area (Å²) in [5, 5.41) is 30.8. The van der Waals surface area contributed by atoms with Crippen molar-refractivity contribution in [3.05, 3.63) is 58.7 Å². The summed E-state index contributed by atoms with van der Waals surface area (Å²) in [6.07, 6.45) is 8.36. The first-order chi connectivity index (χ1) is 20.3. The Morgan fingerprint density at radius 3 is 2.19 bits per heavy atom. The summed E-state index contributed by atoms with van der Waals surface area (Å²) >= 11 is 0. The first kappa shape index (κ1) is 25.4. The average molecular weight is 571 g/mol. The van der Waals surface area contributed by atoms with Gasteiger partial charge in [0.15, 0.2) is 34.9 Å². The Hall–Kier alpha value is -3.07. The zero-order valence-electron chi connectivity index (χ0n) is 24.1. The predicted octanol–water partition coefficient (Wildman–Crippen LogP) is 2.83. The molecule has 8 nitrogen and oxygen atoms in total. The SMILES string of the molecule is CN1CCC23c4c5ccc(O)c4OC2C(=O)CCC3C1C5.CN1CCC23c4c5ccc(O)c4OC2C(O)C=CC3C1C5. The molecule has 0 radical (unpaired) electrons. The summed E-state index contributed by atoms with van der Waals surface area (Å²) in [4.78, 5) is 17.4. The van der Waals surface area contributed by atoms with Gasteiger partial charge in [-0.05, 0) is 88.5 Å². The minimum atomic E-state index is -0.594. The van der Waals surface area contributed by atoms with Gasteiger partial charge < -0.3 is 34.6 Å². The highest BCUT2D eigenvalue weighted by Crippen LogP contribution is 2.64. The molecule has 42 heavy (non-hydrogen) atoms. The highest BCUT2D eigenvalue weighted by atomic mass is 16.5. The number of Topliss-reactive ketones (excluding diaryl/α,β-unsaturated/α-hetero) is 1. The molecule has 2 aromatic rings. The Morgan fingerprint density at radius 1 is 0.833 bits per heavy atom. The third kappa shape index (κ3) is 2.87. The molecule has 0 aromatic heterocycles. The van der Waals surface area contributed by atoms with Crippen molar-refractivity contribution in [3.63, 3.8) is 0 Å². The largest absolute Gasteiger partial charge is 0.504 e. The molecule has 10 rings (SSSR count). The number of nitrogens with zero attached hydrogens (tertiary/aromatic N) is 2. The number of aromatic hydroxyl groups is 2. The van der Waals surface area contributed by atoms with E-state index in [0.717, 1.165) is 50.8 Å². The van der Waals surface area contributed by atoms with Crippen LogP contribution < -0.4 is 9.47 Å². The van der Waals surface area contributed by atoms with Crippen molar-refractivity contribution < 1.29 is 29.6 Å². The quantitative estimate of drug-likeness (QED) is 0.416. The van der Waals surface area contributed by atoms with Crippen LogP contribution in [-0.2, 0) is 28.5 Å². The molecular formula is C34H38N2O6. The second-order valence-corrected chi connectivity index (χ2v) is 14.0. The van der Waals surface area contributed by atoms with Gasteiger partial charge in [-0.25, -0.2) is 0 Å². The summed E-state index contributed by atoms with van der Waals surface area (Å²) < 4.78 is 12.1. The van der Waals surface area contributed by atoms with Gasteiger partial charge in [0.25, 0.3) is 0 Å². The first-order valence-corrected chi connectivity index (χ1v) is 15.6. The van der Waals surface area contributed by atoms with Crippen LogP contribution in [0.5, 0.6) is 23.0 Å². The van der Waals surface area contributed by atoms with Gasteiger partial charge in [-0.2, -0.15) is 0 Å². The lowest BCUT2D eigenvalue weighted by atomic mass is 9.52. The van der Waals surface area contributed by atoms with Crippen LogP contribution >= 0.6 is 0 Å². The van der Waals surface area contributed by atoms with Gasteiger partial charge in [0.2, 0.25) is 0 Å². The summed E-state index contributed by atoms with van der Waals surface area (Å²) in [6.45, 7) is 2.01. The van der Waals surface area contributed by atoms with E-state index >= 15 is 0 Å². The summed E-state index contributed by atoms with van der Waals surface area (Å²) in [5.41, 5.74) is 4.55. The number of ether oxygens (including phenoxy) is 2. The molecule has 2 spiro atoms. The number of aliphatic hydroxyl groups is 1. The normalized spacial score (nSPS) is 41.2. The zero-order chi connectivity index (χ0) is 28.7. The van der Waals surface area contributed by atoms with Gasteiger partial charge in [-0.3, -0.25) is 4.79 Å². The van der Waals surface area contributed by atoms with Crippen molar-refractivity contribution in [3.8, 4) is 23.0 Å². The molecule has 4 aliphatic carbocycles. The Labute approximate surface area is 245 Å². The number of likely N-dealkylation sites (tertiary alicyclic amines) is 2. The van der Waals surface area contributed by atoms with E-state index in [1.807, 2.05) is 18.2 Å². The lowest BCUT2D eigenvalue weighted by Gasteiger charge is -2.57. The van der Waals surface area contributed by atoms with E-state index in [1.54, 1.807) is 12.1 Å². The number of aliphatic hydroxyl groups excluding tert-OH is 1. The zero-order valence-corrected chi connectivity index (χ0v) is 24.1. The van der Waals surface area contributed by atoms with Gasteiger partial charge in [0, 0.05) is 46.4 Å². The first-order valence-electron chi connectivity index (χ1n) is 15.6. The topological polar surface area (TPSA) is 103 Å². The molecule has 2 aromatic carbocycles. The molecule has 1 saturated carbocycles. The van der Waals surface area contributed by atoms with Gasteiger partial charge in [0.05, 0.1) is 0 Å². The van der Waals surface area contributed by atoms with Crippen LogP contribution in [0, 0.1) is 11.8 Å². The number of ketones is 1. The van der Waals surface area contributed by atoms with Gasteiger partial charge >= 0.3 is 0 Å². The van der Waals surface area contributed by atoms with E-state index in [2.05, 4.69) is 30.0 Å². The summed E-state index contributed by atoms with van der Waals surface area (Å²) in [6, 6.07) is 8.48. The molecular weight excluding hydrogens is 532 g/mol. The molecule has 3 N–H and O–H groups in total. The fraction of sp³-hybridized carbons (Fsp3) is 0.559. The minimum absolute atomic E-state index is 0.160. The second kappa shape index (κ2) is 8.30. The lowest BCUT2D eigenvalue weighted by molar-refractivity contribution is -0.138. The van der Waals surface area contributed by atoms with Crippen LogP contribution in [0.15, 0.2) is 36.4 Å². The standard InChI is InChI=1S/2C17H19NO3/c2*1-18-7-6-17-10-3-5-13(20)16(17)21-15-12(19)4-2-9(14(15)17)8-11(10)18/h2,4,10-11,16,19H,3,5-8H2,1H3;2-5,10-11,13,16,19-20H,6-8H2,1H3. The monoisotopic (exact) mass is 570 g/mol. The molecule has 3 fully saturated rings. The minimum Gasteiger partial charge on any atom is -0.504 e. The fourth-order valence-corrected chi connectivity index (χ4v) is 10.8. The van der Waals surface area contributed by atoms with Gasteiger partial charge in [0.1, 0.15) is 12.2 Å². The fourth-order valence-electron chi connectivity index (χ4n) is 10.8. The van der Waals surface area contributed by atoms with E-state index in [1.165, 1.54) is 16.7 Å². The summed E-state index contributed by atoms with van der Waals surface area (Å²) in [7, 11) is 4.39. The van der Waals surface area contributed by atoms with E-state index < -0.39 is 6.10 Å². The molecule has 4 bridgehead atoms. The van der Waals surface area contributed by atoms with Gasteiger partial charge in [-0.15, -0.1) is 0 Å². The molecule has 220 valence electrons. The molecule has 4 heterocycles. The van der Waals surface area contributed by atoms with Crippen molar-refractivity contribution >= 4 is 5.78 Å². The van der Waals surface area contributed by atoms with E-state index in [4.69, 9.17) is 9.47 Å². The van der Waals surface area contributed by atoms with E-state index in [9.17, 15) is 20.1 Å². The second-order valence-electron chi connectivity index (χ2n) is 14.0. The van der Waals surface area contributed by atoms with Crippen molar-refractivity contribution in [2.24, 2.45) is 11.8 Å². The van der Waals surface area contributed by atoms with Crippen LogP contribution in [0.1, 0.15) is 47.9 Å². The molecule has 9 atom stereocenters. The number of hydrogen-bond acceptors (Lipinski definition) is 8. The predicted molar refractivity (Wildman–Crippen MR) is 154 cm³/mol. The Balaban J connectivity index is 0.000000119. The number of carbonyl (C=O) groups excluding carboxylic acids is 1. The molecule has 2 saturated heterocycles. The van der Waals surface area contributed by atoms with Crippen LogP contribution in [0.2, 0.25) is 0 Å². The van der Waals surface area contributed by atoms with Crippen LogP contribution in [0.25, 0.3) is 0 Å². The molecule has 9 unspecified atom stereocenters. The smallest absolute Gasteiger partial charge is 0.174 e. The highest BCUT2D eigenvalue weighted by molar-refractivity contribution is 5.89. The third-order valence-electron chi connectivity index (χ3n) is 12.5. The Morgan fingerprint density at radius 2 is 1.45 bits per heavy atom. The van der Waals surface area contributed by atoms with Crippen LogP contribution in [-0.4, -0.2) is 88.5 Å². The van der Waals surface area contributed by atoms with Crippen molar-refractivity contribution in [2.75, 3.05) is 27.2 Å². The number of phenols is 2. The van der Waals surface area contributed by atoms with Crippen LogP contribution in [0.3, 0.4) is 0 Å². The maximum Gasteiger partial charge on any atom is 0.174 e. The molecule has 4 aliphatic heterocycles. The van der Waals surface area contributed by atoms with E-state index in [-0.39, 0.29) is 40.3 Å². The molecule has 0 amide bonds. The van der Waals surface area contributed by atoms with Crippen LogP contribution in [0.4, 0.5) is 0 Å². The van der Waals surface area contributed by atoms with Crippen molar-refractivity contribution in [2.45, 2.75) is 79.8 Å². The molecule has 8 aliphatic rings. The van der Waals surface area contributed by atoms with E-state index in [0.29, 0.717) is 41.8 Å². The number of hydrogen-bond donors (Lipinski definition) is 3. The highest BCUT2D eigenvalue weighted by Gasteiger charge is 2.66. The number of likely N-dealkylation sites (N-methyl/N-ethyl adjacent to an activating group) is 2. The maximum absolute atomic E-state index is 12.5. The average Bonchev–Trinajstić information content (AvgIpc) is 3.52. The number of piperidine rings is 2. The third-order valence-corrected chi connectivity index (χ3v) is 12.5. The maximum atomic E-state index is 12.5. The Bertz CT molecular complexity index is 1560. The number of rotatable bonds is 0. The van der Waals surface area contributed by atoms with Crippen molar-refractivity contribution in [1.29, 1.82) is 0 Å². The summed E-state index contributed by atoms with van der Waals surface area (Å²) in [5.74, 6) is 2.68. The van der Waals surface area contributed by atoms with Crippen molar-refractivity contribution in [1.82, 2.24) is 9.80 Å². The molecule has 8 heteroatoms. The number of benzene rings is 2. The van der Waals surface area contributed by atoms with Gasteiger partial charge in [-0.1, -0.05) is 24.3 Å². The number of phenolic OH excluding ortho intramolecular Hbond substituents is 2. The number of carbonyl (C=O) groups is 1. The Kier molecular flexibility index (Phi) is 5.03. The lowest BCUT2D eigenvalue weighted by Crippen LogP contribution is -2.65.